The molecule has 0 saturated heterocycles. The summed E-state index contributed by atoms with van der Waals surface area (Å²) >= 11 is 16.7. The molecule has 0 spiro atoms. The van der Waals surface area contributed by atoms with E-state index in [0.29, 0.717) is 26.0 Å². The highest BCUT2D eigenvalue weighted by atomic mass is 35.5. The number of halogens is 2. The van der Waals surface area contributed by atoms with Crippen LogP contribution in [0.2, 0.25) is 10.0 Å². The van der Waals surface area contributed by atoms with E-state index in [1.54, 1.807) is 23.5 Å². The molecule has 0 fully saturated rings. The molecule has 0 bridgehead atoms. The topological polar surface area (TPSA) is 72.7 Å². The molecule has 1 aromatic carbocycles. The molecule has 11 heteroatoms. The Morgan fingerprint density at radius 2 is 2.00 bits per heavy atom. The third-order valence-electron chi connectivity index (χ3n) is 4.73. The monoisotopic (exact) mass is 537 g/mol. The summed E-state index contributed by atoms with van der Waals surface area (Å²) in [5.74, 6) is 0.866. The van der Waals surface area contributed by atoms with Crippen molar-refractivity contribution in [3.05, 3.63) is 49.9 Å². The molecule has 0 aliphatic heterocycles. The molecule has 6 nitrogen and oxygen atoms in total. The van der Waals surface area contributed by atoms with E-state index in [2.05, 4.69) is 57.3 Å². The van der Waals surface area contributed by atoms with Gasteiger partial charge in [-0.1, -0.05) is 41.9 Å². The minimum Gasteiger partial charge on any atom is -0.301 e. The van der Waals surface area contributed by atoms with Crippen LogP contribution in [0, 0.1) is 0 Å². The second-order valence-corrected chi connectivity index (χ2v) is 11.1. The van der Waals surface area contributed by atoms with Gasteiger partial charge in [-0.25, -0.2) is 4.98 Å². The lowest BCUT2D eigenvalue weighted by Crippen LogP contribution is -2.15. The molecule has 172 valence electrons. The molecule has 4 aromatic rings. The Labute approximate surface area is 214 Å². The Bertz CT molecular complexity index is 1280. The number of thiophene rings is 1. The van der Waals surface area contributed by atoms with Crippen LogP contribution in [0.15, 0.2) is 40.2 Å². The first-order valence-corrected chi connectivity index (χ1v) is 13.7. The smallest absolute Gasteiger partial charge is 0.236 e. The minimum absolute atomic E-state index is 0.160. The molecule has 4 rings (SSSR count). The second-order valence-electron chi connectivity index (χ2n) is 7.42. The van der Waals surface area contributed by atoms with Crippen molar-refractivity contribution in [1.82, 2.24) is 19.7 Å². The van der Waals surface area contributed by atoms with Crippen molar-refractivity contribution < 1.29 is 4.79 Å². The number of aryl methyl sites for hydroxylation is 1. The Kier molecular flexibility index (Phi) is 7.76. The maximum atomic E-state index is 12.6. The van der Waals surface area contributed by atoms with Crippen molar-refractivity contribution in [3.63, 3.8) is 0 Å². The normalized spacial score (nSPS) is 11.3. The highest BCUT2D eigenvalue weighted by molar-refractivity contribution is 7.99. The van der Waals surface area contributed by atoms with Gasteiger partial charge in [0.2, 0.25) is 5.91 Å². The van der Waals surface area contributed by atoms with Crippen LogP contribution < -0.4 is 5.32 Å². The number of hydrogen-bond acceptors (Lipinski definition) is 7. The lowest BCUT2D eigenvalue weighted by Gasteiger charge is -2.13. The van der Waals surface area contributed by atoms with Crippen molar-refractivity contribution >= 4 is 68.7 Å². The summed E-state index contributed by atoms with van der Waals surface area (Å²) in [5, 5.41) is 17.9. The van der Waals surface area contributed by atoms with Gasteiger partial charge in [-0.3, -0.25) is 9.36 Å². The summed E-state index contributed by atoms with van der Waals surface area (Å²) in [5.41, 5.74) is 2.52. The molecular formula is C22H21Cl2N5OS3. The van der Waals surface area contributed by atoms with Crippen LogP contribution in [-0.2, 0) is 11.2 Å². The fourth-order valence-corrected chi connectivity index (χ4v) is 6.07. The fraction of sp³-hybridized carbons (Fsp3) is 0.273. The van der Waals surface area contributed by atoms with E-state index < -0.39 is 0 Å². The molecule has 3 aromatic heterocycles. The molecule has 0 aliphatic carbocycles. The number of thioether (sulfide) groups is 1. The molecule has 3 heterocycles. The Hall–Kier alpha value is -1.91. The molecular weight excluding hydrogens is 517 g/mol. The van der Waals surface area contributed by atoms with Crippen LogP contribution in [0.1, 0.15) is 31.7 Å². The number of nitrogens with one attached hydrogen (secondary N) is 1. The first-order valence-electron chi connectivity index (χ1n) is 10.2. The van der Waals surface area contributed by atoms with Crippen LogP contribution in [0.4, 0.5) is 5.13 Å². The van der Waals surface area contributed by atoms with E-state index >= 15 is 0 Å². The number of carbonyl (C=O) groups excluding carboxylic acids is 1. The molecule has 1 amide bonds. The van der Waals surface area contributed by atoms with E-state index in [4.69, 9.17) is 23.2 Å². The van der Waals surface area contributed by atoms with Crippen LogP contribution in [-0.4, -0.2) is 31.4 Å². The van der Waals surface area contributed by atoms with E-state index in [0.717, 1.165) is 23.4 Å². The minimum atomic E-state index is -0.160. The number of rotatable bonds is 8. The van der Waals surface area contributed by atoms with Crippen molar-refractivity contribution in [2.24, 2.45) is 0 Å². The molecule has 0 radical (unpaired) electrons. The number of thiazole rings is 1. The zero-order valence-electron chi connectivity index (χ0n) is 18.1. The number of nitrogens with zero attached hydrogens (tertiary/aromatic N) is 4. The Morgan fingerprint density at radius 3 is 2.70 bits per heavy atom. The van der Waals surface area contributed by atoms with Crippen LogP contribution in [0.25, 0.3) is 22.6 Å². The Morgan fingerprint density at radius 1 is 1.18 bits per heavy atom. The van der Waals surface area contributed by atoms with Gasteiger partial charge in [-0.15, -0.1) is 32.9 Å². The summed E-state index contributed by atoms with van der Waals surface area (Å²) in [6.45, 7) is 6.31. The van der Waals surface area contributed by atoms with Gasteiger partial charge in [-0.05, 0) is 44.5 Å². The third-order valence-corrected chi connectivity index (χ3v) is 8.06. The lowest BCUT2D eigenvalue weighted by molar-refractivity contribution is -0.113. The quantitative estimate of drug-likeness (QED) is 0.238. The van der Waals surface area contributed by atoms with E-state index in [1.807, 2.05) is 11.4 Å². The molecule has 0 saturated carbocycles. The van der Waals surface area contributed by atoms with Gasteiger partial charge in [0.1, 0.15) is 0 Å². The summed E-state index contributed by atoms with van der Waals surface area (Å²) in [7, 11) is 0. The maximum absolute atomic E-state index is 12.6. The summed E-state index contributed by atoms with van der Waals surface area (Å²) in [6.07, 6.45) is 0.991. The molecule has 0 atom stereocenters. The lowest BCUT2D eigenvalue weighted by atomic mass is 10.2. The van der Waals surface area contributed by atoms with Crippen molar-refractivity contribution in [2.75, 3.05) is 11.1 Å². The van der Waals surface area contributed by atoms with Gasteiger partial charge in [0.15, 0.2) is 16.1 Å². The predicted octanol–water partition coefficient (Wildman–Crippen LogP) is 7.31. The van der Waals surface area contributed by atoms with E-state index in [-0.39, 0.29) is 17.7 Å². The number of aromatic nitrogens is 4. The van der Waals surface area contributed by atoms with Gasteiger partial charge in [0.05, 0.1) is 16.5 Å². The number of carbonyl (C=O) groups is 1. The Balaban J connectivity index is 1.43. The summed E-state index contributed by atoms with van der Waals surface area (Å²) in [6, 6.07) is 7.56. The number of benzene rings is 1. The second kappa shape index (κ2) is 10.6. The predicted molar refractivity (Wildman–Crippen MR) is 140 cm³/mol. The zero-order chi connectivity index (χ0) is 23.5. The van der Waals surface area contributed by atoms with Crippen LogP contribution in [0.3, 0.4) is 0 Å². The van der Waals surface area contributed by atoms with Crippen molar-refractivity contribution in [3.8, 4) is 22.6 Å². The molecule has 0 aliphatic rings. The van der Waals surface area contributed by atoms with Gasteiger partial charge < -0.3 is 5.32 Å². The third kappa shape index (κ3) is 5.60. The number of anilines is 1. The SMILES string of the molecule is CCc1cc(-c2nnc(SCC(=O)Nc3nc(-c4ccc(Cl)cc4Cl)cs3)n2C(C)C)cs1. The fourth-order valence-electron chi connectivity index (χ4n) is 3.16. The molecule has 1 N–H and O–H groups in total. The summed E-state index contributed by atoms with van der Waals surface area (Å²) in [4.78, 5) is 18.4. The molecule has 0 unspecified atom stereocenters. The average molecular weight is 539 g/mol. The van der Waals surface area contributed by atoms with Crippen LogP contribution >= 0.6 is 57.6 Å². The van der Waals surface area contributed by atoms with Gasteiger partial charge in [0, 0.05) is 37.8 Å². The van der Waals surface area contributed by atoms with Gasteiger partial charge in [-0.2, -0.15) is 0 Å². The largest absolute Gasteiger partial charge is 0.301 e. The zero-order valence-corrected chi connectivity index (χ0v) is 22.1. The first-order chi connectivity index (χ1) is 15.9. The highest BCUT2D eigenvalue weighted by Crippen LogP contribution is 2.33. The average Bonchev–Trinajstić information content (AvgIpc) is 3.51. The van der Waals surface area contributed by atoms with Crippen molar-refractivity contribution in [2.45, 2.75) is 38.4 Å². The highest BCUT2D eigenvalue weighted by Gasteiger charge is 2.19. The first kappa shape index (κ1) is 24.2. The van der Waals surface area contributed by atoms with Crippen LogP contribution in [0.5, 0.6) is 0 Å². The van der Waals surface area contributed by atoms with E-state index in [9.17, 15) is 4.79 Å². The maximum Gasteiger partial charge on any atom is 0.236 e. The van der Waals surface area contributed by atoms with E-state index in [1.165, 1.54) is 28.0 Å². The standard InChI is InChI=1S/C22H21Cl2N5OS3/c1-4-15-7-13(9-31-15)20-27-28-22(29(20)12(2)3)33-11-19(30)26-21-25-18(10-32-21)16-6-5-14(23)8-17(16)24/h5-10,12H,4,11H2,1-3H3,(H,25,26,30). The van der Waals surface area contributed by atoms with Gasteiger partial charge >= 0.3 is 0 Å². The number of amides is 1. The van der Waals surface area contributed by atoms with Crippen molar-refractivity contribution in [1.29, 1.82) is 0 Å². The summed E-state index contributed by atoms with van der Waals surface area (Å²) < 4.78 is 2.07. The number of hydrogen-bond donors (Lipinski definition) is 1. The van der Waals surface area contributed by atoms with Gasteiger partial charge in [0.25, 0.3) is 0 Å². The molecule has 33 heavy (non-hydrogen) atoms.